The van der Waals surface area contributed by atoms with Crippen LogP contribution in [-0.4, -0.2) is 55.5 Å². The van der Waals surface area contributed by atoms with Crippen molar-refractivity contribution in [2.24, 2.45) is 0 Å². The highest BCUT2D eigenvalue weighted by Crippen LogP contribution is 2.21. The van der Waals surface area contributed by atoms with Crippen molar-refractivity contribution < 1.29 is 29.0 Å². The summed E-state index contributed by atoms with van der Waals surface area (Å²) in [6, 6.07) is -1.82. The molecule has 0 aromatic carbocycles. The maximum Gasteiger partial charge on any atom is 0.326 e. The van der Waals surface area contributed by atoms with Crippen LogP contribution in [-0.2, 0) is 19.1 Å². The molecule has 0 saturated heterocycles. The second-order valence-electron chi connectivity index (χ2n) is 4.93. The van der Waals surface area contributed by atoms with E-state index in [0.717, 1.165) is 19.3 Å². The quantitative estimate of drug-likeness (QED) is 0.581. The first kappa shape index (κ1) is 17.2. The van der Waals surface area contributed by atoms with Gasteiger partial charge < -0.3 is 25.2 Å². The van der Waals surface area contributed by atoms with Gasteiger partial charge in [0.2, 0.25) is 0 Å². The summed E-state index contributed by atoms with van der Waals surface area (Å²) in [5, 5.41) is 14.1. The average Bonchev–Trinajstić information content (AvgIpc) is 2.89. The molecule has 1 rings (SSSR count). The summed E-state index contributed by atoms with van der Waals surface area (Å²) in [7, 11) is 2.81. The Morgan fingerprint density at radius 3 is 2.57 bits per heavy atom. The number of carbonyl (C=O) groups excluding carboxylic acids is 2. The summed E-state index contributed by atoms with van der Waals surface area (Å²) in [5.41, 5.74) is 0. The minimum absolute atomic E-state index is 0.0200. The fourth-order valence-electron chi connectivity index (χ4n) is 2.36. The Morgan fingerprint density at radius 1 is 1.29 bits per heavy atom. The van der Waals surface area contributed by atoms with Crippen molar-refractivity contribution in [1.82, 2.24) is 10.6 Å². The monoisotopic (exact) mass is 302 g/mol. The van der Waals surface area contributed by atoms with Gasteiger partial charge in [0.15, 0.2) is 0 Å². The van der Waals surface area contributed by atoms with Gasteiger partial charge in [-0.3, -0.25) is 4.79 Å². The van der Waals surface area contributed by atoms with Gasteiger partial charge in [0.05, 0.1) is 19.3 Å². The van der Waals surface area contributed by atoms with E-state index in [4.69, 9.17) is 9.84 Å². The topological polar surface area (TPSA) is 114 Å². The number of ether oxygens (including phenoxy) is 2. The molecule has 0 spiro atoms. The van der Waals surface area contributed by atoms with E-state index in [1.54, 1.807) is 7.11 Å². The molecule has 2 amide bonds. The molecule has 0 aromatic heterocycles. The third-order valence-corrected chi connectivity index (χ3v) is 3.54. The molecule has 0 radical (unpaired) electrons. The molecule has 8 heteroatoms. The molecule has 0 aromatic rings. The predicted octanol–water partition coefficient (Wildman–Crippen LogP) is 0.260. The van der Waals surface area contributed by atoms with E-state index < -0.39 is 24.0 Å². The summed E-state index contributed by atoms with van der Waals surface area (Å²) in [6.45, 7) is 0. The zero-order chi connectivity index (χ0) is 15.8. The minimum Gasteiger partial charge on any atom is -0.480 e. The van der Waals surface area contributed by atoms with Crippen molar-refractivity contribution in [1.29, 1.82) is 0 Å². The van der Waals surface area contributed by atoms with Crippen LogP contribution in [0.3, 0.4) is 0 Å². The molecule has 1 saturated carbocycles. The number of esters is 1. The first-order valence-electron chi connectivity index (χ1n) is 6.87. The van der Waals surface area contributed by atoms with E-state index >= 15 is 0 Å². The number of carboxylic acids is 1. The van der Waals surface area contributed by atoms with E-state index in [0.29, 0.717) is 0 Å². The Balaban J connectivity index is 2.45. The molecular formula is C13H22N2O6. The Bertz CT molecular complexity index is 387. The molecular weight excluding hydrogens is 280 g/mol. The molecule has 21 heavy (non-hydrogen) atoms. The SMILES string of the molecule is COC(=O)CC[C@H](NC(=O)NC1CCCC1OC)C(=O)O. The van der Waals surface area contributed by atoms with Crippen LogP contribution < -0.4 is 10.6 Å². The number of hydrogen-bond donors (Lipinski definition) is 3. The Morgan fingerprint density at radius 2 is 2.00 bits per heavy atom. The third-order valence-electron chi connectivity index (χ3n) is 3.54. The Labute approximate surface area is 123 Å². The highest BCUT2D eigenvalue weighted by atomic mass is 16.5. The fourth-order valence-corrected chi connectivity index (χ4v) is 2.36. The predicted molar refractivity (Wildman–Crippen MR) is 72.8 cm³/mol. The van der Waals surface area contributed by atoms with Crippen LogP contribution in [0.5, 0.6) is 0 Å². The standard InChI is InChI=1S/C13H22N2O6/c1-20-10-5-3-4-8(10)14-13(19)15-9(12(17)18)6-7-11(16)21-2/h8-10H,3-7H2,1-2H3,(H,17,18)(H2,14,15,19)/t8?,9-,10?/m0/s1. The van der Waals surface area contributed by atoms with Crippen LogP contribution in [0.2, 0.25) is 0 Å². The molecule has 1 fully saturated rings. The van der Waals surface area contributed by atoms with Crippen LogP contribution in [0.15, 0.2) is 0 Å². The summed E-state index contributed by atoms with van der Waals surface area (Å²) >= 11 is 0. The number of hydrogen-bond acceptors (Lipinski definition) is 5. The van der Waals surface area contributed by atoms with Crippen molar-refractivity contribution in [2.45, 2.75) is 50.3 Å². The molecule has 120 valence electrons. The van der Waals surface area contributed by atoms with Gasteiger partial charge in [-0.25, -0.2) is 9.59 Å². The van der Waals surface area contributed by atoms with Gasteiger partial charge in [-0.05, 0) is 25.7 Å². The zero-order valence-electron chi connectivity index (χ0n) is 12.3. The van der Waals surface area contributed by atoms with E-state index in [9.17, 15) is 14.4 Å². The lowest BCUT2D eigenvalue weighted by atomic mass is 10.1. The number of rotatable bonds is 7. The molecule has 1 aliphatic carbocycles. The first-order valence-corrected chi connectivity index (χ1v) is 6.87. The lowest BCUT2D eigenvalue weighted by Gasteiger charge is -2.21. The van der Waals surface area contributed by atoms with Crippen LogP contribution >= 0.6 is 0 Å². The number of carboxylic acid groups (broad SMARTS) is 1. The number of carbonyl (C=O) groups is 3. The smallest absolute Gasteiger partial charge is 0.326 e. The molecule has 1 aliphatic rings. The number of amides is 2. The van der Waals surface area contributed by atoms with E-state index in [-0.39, 0.29) is 25.0 Å². The van der Waals surface area contributed by atoms with Crippen LogP contribution in [0.1, 0.15) is 32.1 Å². The van der Waals surface area contributed by atoms with Crippen molar-refractivity contribution in [2.75, 3.05) is 14.2 Å². The Kier molecular flexibility index (Phi) is 6.93. The van der Waals surface area contributed by atoms with Gasteiger partial charge in [0, 0.05) is 13.5 Å². The molecule has 3 atom stereocenters. The van der Waals surface area contributed by atoms with Gasteiger partial charge in [0.1, 0.15) is 6.04 Å². The lowest BCUT2D eigenvalue weighted by molar-refractivity contribution is -0.142. The second-order valence-corrected chi connectivity index (χ2v) is 4.93. The average molecular weight is 302 g/mol. The number of nitrogens with one attached hydrogen (secondary N) is 2. The first-order chi connectivity index (χ1) is 9.97. The zero-order valence-corrected chi connectivity index (χ0v) is 12.3. The van der Waals surface area contributed by atoms with Gasteiger partial charge in [-0.15, -0.1) is 0 Å². The van der Waals surface area contributed by atoms with Crippen molar-refractivity contribution in [3.8, 4) is 0 Å². The Hall–Kier alpha value is -1.83. The number of aliphatic carboxylic acids is 1. The van der Waals surface area contributed by atoms with Gasteiger partial charge in [-0.1, -0.05) is 0 Å². The van der Waals surface area contributed by atoms with Crippen molar-refractivity contribution in [3.63, 3.8) is 0 Å². The van der Waals surface area contributed by atoms with Crippen LogP contribution in [0, 0.1) is 0 Å². The maximum absolute atomic E-state index is 11.8. The normalized spacial score (nSPS) is 22.4. The third kappa shape index (κ3) is 5.58. The molecule has 8 nitrogen and oxygen atoms in total. The van der Waals surface area contributed by atoms with E-state index in [1.165, 1.54) is 7.11 Å². The highest BCUT2D eigenvalue weighted by molar-refractivity contribution is 5.83. The van der Waals surface area contributed by atoms with Crippen molar-refractivity contribution in [3.05, 3.63) is 0 Å². The van der Waals surface area contributed by atoms with Gasteiger partial charge in [-0.2, -0.15) is 0 Å². The summed E-state index contributed by atoms with van der Waals surface area (Å²) in [4.78, 5) is 33.9. The molecule has 0 aliphatic heterocycles. The van der Waals surface area contributed by atoms with E-state index in [1.807, 2.05) is 0 Å². The summed E-state index contributed by atoms with van der Waals surface area (Å²) < 4.78 is 9.70. The number of urea groups is 1. The molecule has 0 bridgehead atoms. The summed E-state index contributed by atoms with van der Waals surface area (Å²) in [5.74, 6) is -1.71. The summed E-state index contributed by atoms with van der Waals surface area (Å²) in [6.07, 6.45) is 2.48. The van der Waals surface area contributed by atoms with Gasteiger partial charge in [0.25, 0.3) is 0 Å². The highest BCUT2D eigenvalue weighted by Gasteiger charge is 2.29. The maximum atomic E-state index is 11.8. The molecule has 3 N–H and O–H groups in total. The van der Waals surface area contributed by atoms with Crippen molar-refractivity contribution >= 4 is 18.0 Å². The number of methoxy groups -OCH3 is 2. The van der Waals surface area contributed by atoms with Crippen LogP contribution in [0.4, 0.5) is 4.79 Å². The molecule has 2 unspecified atom stereocenters. The molecule has 0 heterocycles. The second kappa shape index (κ2) is 8.46. The lowest BCUT2D eigenvalue weighted by Crippen LogP contribution is -2.51. The van der Waals surface area contributed by atoms with Gasteiger partial charge >= 0.3 is 18.0 Å². The van der Waals surface area contributed by atoms with E-state index in [2.05, 4.69) is 15.4 Å². The minimum atomic E-state index is -1.19. The van der Waals surface area contributed by atoms with Crippen LogP contribution in [0.25, 0.3) is 0 Å². The largest absolute Gasteiger partial charge is 0.480 e. The fraction of sp³-hybridized carbons (Fsp3) is 0.769.